The molecule has 2 N–H and O–H groups in total. The van der Waals surface area contributed by atoms with Gasteiger partial charge in [-0.05, 0) is 30.3 Å². The first-order chi connectivity index (χ1) is 9.40. The van der Waals surface area contributed by atoms with Crippen molar-refractivity contribution in [3.63, 3.8) is 0 Å². The molecule has 0 aliphatic carbocycles. The zero-order valence-electron chi connectivity index (χ0n) is 10.0. The lowest BCUT2D eigenvalue weighted by molar-refractivity contribution is 0.0696. The van der Waals surface area contributed by atoms with Crippen LogP contribution in [0, 0.1) is 5.82 Å². The molecule has 0 atom stereocenters. The molecule has 0 bridgehead atoms. The van der Waals surface area contributed by atoms with Crippen LogP contribution in [0.2, 0.25) is 0 Å². The molecule has 106 valence electrons. The van der Waals surface area contributed by atoms with E-state index in [1.165, 1.54) is 6.26 Å². The summed E-state index contributed by atoms with van der Waals surface area (Å²) in [5, 5.41) is 8.79. The summed E-state index contributed by atoms with van der Waals surface area (Å²) in [4.78, 5) is 10.1. The summed E-state index contributed by atoms with van der Waals surface area (Å²) < 4.78 is 44.5. The first-order valence-corrected chi connectivity index (χ1v) is 6.93. The minimum atomic E-state index is -4.17. The highest BCUT2D eigenvalue weighted by molar-refractivity contribution is 7.89. The van der Waals surface area contributed by atoms with Gasteiger partial charge in [0.05, 0.1) is 18.4 Å². The number of sulfonamides is 1. The van der Waals surface area contributed by atoms with Crippen LogP contribution in [0.5, 0.6) is 0 Å². The van der Waals surface area contributed by atoms with Crippen LogP contribution in [0.4, 0.5) is 4.39 Å². The summed E-state index contributed by atoms with van der Waals surface area (Å²) in [5.74, 6) is -2.02. The van der Waals surface area contributed by atoms with Crippen molar-refractivity contribution >= 4 is 16.0 Å². The second kappa shape index (κ2) is 5.43. The minimum Gasteiger partial charge on any atom is -0.478 e. The number of rotatable bonds is 5. The van der Waals surface area contributed by atoms with Crippen LogP contribution in [-0.2, 0) is 16.6 Å². The van der Waals surface area contributed by atoms with Crippen molar-refractivity contribution in [1.29, 1.82) is 0 Å². The largest absolute Gasteiger partial charge is 0.478 e. The third-order valence-corrected chi connectivity index (χ3v) is 3.90. The number of carboxylic acids is 1. The van der Waals surface area contributed by atoms with E-state index >= 15 is 0 Å². The number of carbonyl (C=O) groups is 1. The summed E-state index contributed by atoms with van der Waals surface area (Å²) in [6, 6.07) is 5.68. The van der Waals surface area contributed by atoms with E-state index in [9.17, 15) is 17.6 Å². The van der Waals surface area contributed by atoms with Gasteiger partial charge in [0.15, 0.2) is 0 Å². The molecule has 1 aromatic heterocycles. The maximum absolute atomic E-state index is 13.6. The smallest absolute Gasteiger partial charge is 0.335 e. The van der Waals surface area contributed by atoms with E-state index < -0.39 is 26.7 Å². The summed E-state index contributed by atoms with van der Waals surface area (Å²) >= 11 is 0. The Morgan fingerprint density at radius 2 is 2.10 bits per heavy atom. The van der Waals surface area contributed by atoms with Gasteiger partial charge in [-0.3, -0.25) is 0 Å². The number of carboxylic acid groups (broad SMARTS) is 1. The number of aromatic carboxylic acids is 1. The molecule has 6 nitrogen and oxygen atoms in total. The highest BCUT2D eigenvalue weighted by atomic mass is 32.2. The number of hydrogen-bond acceptors (Lipinski definition) is 4. The Balaban J connectivity index is 2.28. The van der Waals surface area contributed by atoms with E-state index in [-0.39, 0.29) is 12.1 Å². The lowest BCUT2D eigenvalue weighted by Crippen LogP contribution is -2.24. The van der Waals surface area contributed by atoms with Crippen LogP contribution in [0.3, 0.4) is 0 Å². The number of hydrogen-bond donors (Lipinski definition) is 2. The highest BCUT2D eigenvalue weighted by Gasteiger charge is 2.21. The molecule has 0 saturated carbocycles. The monoisotopic (exact) mass is 299 g/mol. The average Bonchev–Trinajstić information content (AvgIpc) is 2.89. The third kappa shape index (κ3) is 3.03. The van der Waals surface area contributed by atoms with E-state index in [2.05, 4.69) is 4.72 Å². The van der Waals surface area contributed by atoms with Gasteiger partial charge >= 0.3 is 5.97 Å². The predicted octanol–water partition coefficient (Wildman–Crippen LogP) is 1.60. The SMILES string of the molecule is O=C(O)c1ccc(F)c(S(=O)(=O)NCc2ccco2)c1. The second-order valence-corrected chi connectivity index (χ2v) is 5.59. The second-order valence-electron chi connectivity index (χ2n) is 3.85. The third-order valence-electron chi connectivity index (χ3n) is 2.48. The van der Waals surface area contributed by atoms with E-state index in [0.717, 1.165) is 18.2 Å². The fraction of sp³-hybridized carbons (Fsp3) is 0.0833. The number of nitrogens with one attached hydrogen (secondary N) is 1. The Labute approximate surface area is 113 Å². The quantitative estimate of drug-likeness (QED) is 0.874. The van der Waals surface area contributed by atoms with Crippen molar-refractivity contribution < 1.29 is 27.1 Å². The lowest BCUT2D eigenvalue weighted by atomic mass is 10.2. The van der Waals surface area contributed by atoms with Gasteiger partial charge in [0.25, 0.3) is 0 Å². The Morgan fingerprint density at radius 1 is 1.35 bits per heavy atom. The number of benzene rings is 1. The van der Waals surface area contributed by atoms with Gasteiger partial charge in [-0.2, -0.15) is 0 Å². The van der Waals surface area contributed by atoms with Gasteiger partial charge in [0.2, 0.25) is 10.0 Å². The van der Waals surface area contributed by atoms with Crippen molar-refractivity contribution in [1.82, 2.24) is 4.72 Å². The molecule has 1 aromatic carbocycles. The maximum Gasteiger partial charge on any atom is 0.335 e. The van der Waals surface area contributed by atoms with Gasteiger partial charge in [0.1, 0.15) is 16.5 Å². The first kappa shape index (κ1) is 14.2. The van der Waals surface area contributed by atoms with Crippen LogP contribution < -0.4 is 4.72 Å². The van der Waals surface area contributed by atoms with Gasteiger partial charge in [-0.15, -0.1) is 0 Å². The van der Waals surface area contributed by atoms with Crippen molar-refractivity contribution in [3.8, 4) is 0 Å². The molecule has 2 aromatic rings. The first-order valence-electron chi connectivity index (χ1n) is 5.45. The molecule has 2 rings (SSSR count). The van der Waals surface area contributed by atoms with Gasteiger partial charge < -0.3 is 9.52 Å². The minimum absolute atomic E-state index is 0.161. The van der Waals surface area contributed by atoms with Crippen LogP contribution >= 0.6 is 0 Å². The molecular formula is C12H10FNO5S. The molecule has 8 heteroatoms. The Kier molecular flexibility index (Phi) is 3.86. The normalized spacial score (nSPS) is 11.4. The van der Waals surface area contributed by atoms with Crippen LogP contribution in [0.15, 0.2) is 45.9 Å². The summed E-state index contributed by atoms with van der Waals surface area (Å²) in [6.45, 7) is -0.161. The summed E-state index contributed by atoms with van der Waals surface area (Å²) in [7, 11) is -4.17. The molecule has 0 amide bonds. The lowest BCUT2D eigenvalue weighted by Gasteiger charge is -2.07. The van der Waals surface area contributed by atoms with Crippen molar-refractivity contribution in [2.24, 2.45) is 0 Å². The van der Waals surface area contributed by atoms with Crippen LogP contribution in [-0.4, -0.2) is 19.5 Å². The fourth-order valence-electron chi connectivity index (χ4n) is 1.50. The highest BCUT2D eigenvalue weighted by Crippen LogP contribution is 2.17. The van der Waals surface area contributed by atoms with Crippen molar-refractivity contribution in [2.75, 3.05) is 0 Å². The summed E-state index contributed by atoms with van der Waals surface area (Å²) in [6.07, 6.45) is 1.37. The fourth-order valence-corrected chi connectivity index (χ4v) is 2.59. The van der Waals surface area contributed by atoms with E-state index in [1.807, 2.05) is 0 Å². The number of furan rings is 1. The van der Waals surface area contributed by atoms with Gasteiger partial charge in [-0.1, -0.05) is 0 Å². The van der Waals surface area contributed by atoms with Crippen LogP contribution in [0.1, 0.15) is 16.1 Å². The molecule has 0 aliphatic heterocycles. The predicted molar refractivity (Wildman–Crippen MR) is 66.1 cm³/mol. The van der Waals surface area contributed by atoms with E-state index in [4.69, 9.17) is 9.52 Å². The average molecular weight is 299 g/mol. The standard InChI is InChI=1S/C12H10FNO5S/c13-10-4-3-8(12(15)16)6-11(10)20(17,18)14-7-9-2-1-5-19-9/h1-6,14H,7H2,(H,15,16). The molecule has 0 spiro atoms. The van der Waals surface area contributed by atoms with Gasteiger partial charge in [-0.25, -0.2) is 22.3 Å². The molecule has 1 heterocycles. The van der Waals surface area contributed by atoms with E-state index in [0.29, 0.717) is 5.76 Å². The molecule has 0 radical (unpaired) electrons. The Hall–Kier alpha value is -2.19. The summed E-state index contributed by atoms with van der Waals surface area (Å²) in [5.41, 5.74) is -0.315. The van der Waals surface area contributed by atoms with Crippen molar-refractivity contribution in [2.45, 2.75) is 11.4 Å². The zero-order chi connectivity index (χ0) is 14.8. The molecule has 0 fully saturated rings. The molecule has 20 heavy (non-hydrogen) atoms. The zero-order valence-corrected chi connectivity index (χ0v) is 10.9. The Morgan fingerprint density at radius 3 is 2.70 bits per heavy atom. The topological polar surface area (TPSA) is 96.6 Å². The molecule has 0 aliphatic rings. The molecule has 0 saturated heterocycles. The van der Waals surface area contributed by atoms with Gasteiger partial charge in [0, 0.05) is 0 Å². The van der Waals surface area contributed by atoms with Crippen molar-refractivity contribution in [3.05, 3.63) is 53.7 Å². The maximum atomic E-state index is 13.6. The molecular weight excluding hydrogens is 289 g/mol. The van der Waals surface area contributed by atoms with Crippen LogP contribution in [0.25, 0.3) is 0 Å². The Bertz CT molecular complexity index is 724. The number of halogens is 1. The molecule has 0 unspecified atom stereocenters. The van der Waals surface area contributed by atoms with E-state index in [1.54, 1.807) is 12.1 Å².